The zero-order valence-corrected chi connectivity index (χ0v) is 15.6. The molecule has 0 aliphatic heterocycles. The van der Waals surface area contributed by atoms with Crippen LogP contribution in [0.5, 0.6) is 5.75 Å². The second-order valence-electron chi connectivity index (χ2n) is 5.07. The van der Waals surface area contributed by atoms with Crippen molar-refractivity contribution in [1.29, 1.82) is 0 Å². The molecule has 1 amide bonds. The summed E-state index contributed by atoms with van der Waals surface area (Å²) < 4.78 is 6.42. The van der Waals surface area contributed by atoms with E-state index in [1.807, 2.05) is 25.1 Å². The van der Waals surface area contributed by atoms with E-state index in [0.29, 0.717) is 27.3 Å². The Morgan fingerprint density at radius 3 is 2.88 bits per heavy atom. The van der Waals surface area contributed by atoms with E-state index in [1.165, 1.54) is 17.4 Å². The van der Waals surface area contributed by atoms with E-state index in [-0.39, 0.29) is 5.91 Å². The highest BCUT2D eigenvalue weighted by Crippen LogP contribution is 2.29. The maximum absolute atomic E-state index is 12.1. The van der Waals surface area contributed by atoms with Crippen molar-refractivity contribution in [3.05, 3.63) is 58.1 Å². The molecule has 128 valence electrons. The van der Waals surface area contributed by atoms with Gasteiger partial charge in [-0.15, -0.1) is 0 Å². The number of hydrogen-bond donors (Lipinski definition) is 1. The lowest BCUT2D eigenvalue weighted by Crippen LogP contribution is -2.07. The predicted molar refractivity (Wildman–Crippen MR) is 105 cm³/mol. The minimum absolute atomic E-state index is 0.282. The number of carbonyl (C=O) groups excluding carboxylic acids is 1. The van der Waals surface area contributed by atoms with Gasteiger partial charge in [0.15, 0.2) is 5.13 Å². The van der Waals surface area contributed by atoms with Crippen LogP contribution in [0.3, 0.4) is 0 Å². The molecule has 3 aromatic rings. The molecule has 0 spiro atoms. The van der Waals surface area contributed by atoms with E-state index in [0.717, 1.165) is 16.0 Å². The Morgan fingerprint density at radius 2 is 2.12 bits per heavy atom. The molecule has 0 saturated carbocycles. The minimum Gasteiger partial charge on any atom is -0.494 e. The molecule has 7 heteroatoms. The lowest BCUT2D eigenvalue weighted by atomic mass is 10.2. The van der Waals surface area contributed by atoms with Gasteiger partial charge >= 0.3 is 0 Å². The van der Waals surface area contributed by atoms with Gasteiger partial charge in [-0.2, -0.15) is 0 Å². The van der Waals surface area contributed by atoms with Crippen LogP contribution < -0.4 is 10.1 Å². The Bertz CT molecular complexity index is 953. The van der Waals surface area contributed by atoms with Gasteiger partial charge < -0.3 is 4.74 Å². The molecule has 0 fully saturated rings. The van der Waals surface area contributed by atoms with Crippen molar-refractivity contribution in [2.75, 3.05) is 11.9 Å². The SMILES string of the molecule is CCOc1ccc2nc(NC(=O)/C=C/c3ccc(Cl)cc3Cl)sc2c1. The summed E-state index contributed by atoms with van der Waals surface area (Å²) >= 11 is 13.3. The maximum Gasteiger partial charge on any atom is 0.250 e. The summed E-state index contributed by atoms with van der Waals surface area (Å²) in [7, 11) is 0. The van der Waals surface area contributed by atoms with Gasteiger partial charge in [-0.1, -0.05) is 40.6 Å². The molecule has 3 rings (SSSR count). The molecule has 0 atom stereocenters. The van der Waals surface area contributed by atoms with Gasteiger partial charge in [-0.05, 0) is 48.9 Å². The van der Waals surface area contributed by atoms with Gasteiger partial charge in [0, 0.05) is 16.1 Å². The van der Waals surface area contributed by atoms with E-state index >= 15 is 0 Å². The summed E-state index contributed by atoms with van der Waals surface area (Å²) in [5, 5.41) is 4.32. The summed E-state index contributed by atoms with van der Waals surface area (Å²) in [6.07, 6.45) is 3.04. The second kappa shape index (κ2) is 7.87. The Hall–Kier alpha value is -2.08. The summed E-state index contributed by atoms with van der Waals surface area (Å²) in [5.41, 5.74) is 1.53. The predicted octanol–water partition coefficient (Wildman–Crippen LogP) is 5.65. The quantitative estimate of drug-likeness (QED) is 0.570. The van der Waals surface area contributed by atoms with Crippen LogP contribution in [-0.2, 0) is 4.79 Å². The highest BCUT2D eigenvalue weighted by atomic mass is 35.5. The van der Waals surface area contributed by atoms with E-state index in [1.54, 1.807) is 24.3 Å². The molecular weight excluding hydrogens is 379 g/mol. The Morgan fingerprint density at radius 1 is 1.28 bits per heavy atom. The van der Waals surface area contributed by atoms with E-state index in [9.17, 15) is 4.79 Å². The zero-order valence-electron chi connectivity index (χ0n) is 13.3. The molecule has 0 saturated heterocycles. The van der Waals surface area contributed by atoms with Gasteiger partial charge in [-0.3, -0.25) is 10.1 Å². The van der Waals surface area contributed by atoms with Crippen LogP contribution in [-0.4, -0.2) is 17.5 Å². The number of aromatic nitrogens is 1. The molecule has 0 unspecified atom stereocenters. The van der Waals surface area contributed by atoms with Crippen molar-refractivity contribution in [2.45, 2.75) is 6.92 Å². The molecule has 0 radical (unpaired) electrons. The number of carbonyl (C=O) groups is 1. The van der Waals surface area contributed by atoms with Crippen molar-refractivity contribution in [1.82, 2.24) is 4.98 Å². The van der Waals surface area contributed by atoms with Crippen LogP contribution in [0.2, 0.25) is 10.0 Å². The molecule has 25 heavy (non-hydrogen) atoms. The number of amides is 1. The van der Waals surface area contributed by atoms with E-state index in [4.69, 9.17) is 27.9 Å². The number of nitrogens with one attached hydrogen (secondary N) is 1. The van der Waals surface area contributed by atoms with Gasteiger partial charge in [0.05, 0.1) is 16.8 Å². The highest BCUT2D eigenvalue weighted by Gasteiger charge is 2.07. The number of nitrogens with zero attached hydrogens (tertiary/aromatic N) is 1. The molecule has 1 aromatic heterocycles. The fourth-order valence-electron chi connectivity index (χ4n) is 2.16. The Balaban J connectivity index is 1.72. The van der Waals surface area contributed by atoms with Crippen molar-refractivity contribution < 1.29 is 9.53 Å². The van der Waals surface area contributed by atoms with Crippen molar-refractivity contribution in [3.8, 4) is 5.75 Å². The fraction of sp³-hybridized carbons (Fsp3) is 0.111. The summed E-state index contributed by atoms with van der Waals surface area (Å²) in [6, 6.07) is 10.7. The number of thiazole rings is 1. The van der Waals surface area contributed by atoms with Crippen LogP contribution in [0.1, 0.15) is 12.5 Å². The third kappa shape index (κ3) is 4.51. The third-order valence-electron chi connectivity index (χ3n) is 3.28. The number of ether oxygens (including phenoxy) is 1. The van der Waals surface area contributed by atoms with Crippen molar-refractivity contribution in [3.63, 3.8) is 0 Å². The largest absolute Gasteiger partial charge is 0.494 e. The smallest absolute Gasteiger partial charge is 0.250 e. The standard InChI is InChI=1S/C18H14Cl2N2O2S/c1-2-24-13-6-7-15-16(10-13)25-18(21-15)22-17(23)8-4-11-3-5-12(19)9-14(11)20/h3-10H,2H2,1H3,(H,21,22,23)/b8-4+. The number of hydrogen-bond acceptors (Lipinski definition) is 4. The first-order chi connectivity index (χ1) is 12.0. The summed E-state index contributed by atoms with van der Waals surface area (Å²) in [4.78, 5) is 16.5. The number of anilines is 1. The maximum atomic E-state index is 12.1. The zero-order chi connectivity index (χ0) is 17.8. The first-order valence-corrected chi connectivity index (χ1v) is 9.10. The molecule has 0 bridgehead atoms. The van der Waals surface area contributed by atoms with Gasteiger partial charge in [-0.25, -0.2) is 4.98 Å². The molecule has 0 aliphatic carbocycles. The first-order valence-electron chi connectivity index (χ1n) is 7.52. The number of benzene rings is 2. The molecule has 0 aliphatic rings. The Kier molecular flexibility index (Phi) is 5.58. The van der Waals surface area contributed by atoms with E-state index in [2.05, 4.69) is 10.3 Å². The van der Waals surface area contributed by atoms with Crippen LogP contribution in [0.25, 0.3) is 16.3 Å². The van der Waals surface area contributed by atoms with Gasteiger partial charge in [0.2, 0.25) is 5.91 Å². The molecule has 1 heterocycles. The molecule has 1 N–H and O–H groups in total. The third-order valence-corrected chi connectivity index (χ3v) is 4.77. The highest BCUT2D eigenvalue weighted by molar-refractivity contribution is 7.22. The monoisotopic (exact) mass is 392 g/mol. The van der Waals surface area contributed by atoms with Crippen LogP contribution in [0, 0.1) is 0 Å². The van der Waals surface area contributed by atoms with Crippen LogP contribution >= 0.6 is 34.5 Å². The number of rotatable bonds is 5. The lowest BCUT2D eigenvalue weighted by Gasteiger charge is -2.00. The normalized spacial score (nSPS) is 11.2. The van der Waals surface area contributed by atoms with Crippen LogP contribution in [0.4, 0.5) is 5.13 Å². The first kappa shape index (κ1) is 17.7. The topological polar surface area (TPSA) is 51.2 Å². The average molecular weight is 393 g/mol. The number of fused-ring (bicyclic) bond motifs is 1. The minimum atomic E-state index is -0.282. The van der Waals surface area contributed by atoms with Gasteiger partial charge in [0.25, 0.3) is 0 Å². The lowest BCUT2D eigenvalue weighted by molar-refractivity contribution is -0.111. The molecular formula is C18H14Cl2N2O2S. The molecule has 2 aromatic carbocycles. The van der Waals surface area contributed by atoms with Crippen LogP contribution in [0.15, 0.2) is 42.5 Å². The van der Waals surface area contributed by atoms with Gasteiger partial charge in [0.1, 0.15) is 5.75 Å². The number of halogens is 2. The average Bonchev–Trinajstić information content (AvgIpc) is 2.95. The molecule has 4 nitrogen and oxygen atoms in total. The summed E-state index contributed by atoms with van der Waals surface area (Å²) in [6.45, 7) is 2.54. The fourth-order valence-corrected chi connectivity index (χ4v) is 3.53. The van der Waals surface area contributed by atoms with Crippen molar-refractivity contribution >= 4 is 61.9 Å². The van der Waals surface area contributed by atoms with Crippen molar-refractivity contribution in [2.24, 2.45) is 0 Å². The Labute approximate surface area is 159 Å². The van der Waals surface area contributed by atoms with E-state index < -0.39 is 0 Å². The summed E-state index contributed by atoms with van der Waals surface area (Å²) in [5.74, 6) is 0.504. The second-order valence-corrected chi connectivity index (χ2v) is 6.94.